The fourth-order valence-electron chi connectivity index (χ4n) is 2.49. The van der Waals surface area contributed by atoms with E-state index in [0.29, 0.717) is 21.5 Å². The van der Waals surface area contributed by atoms with Gasteiger partial charge < -0.3 is 11.1 Å². The summed E-state index contributed by atoms with van der Waals surface area (Å²) in [6.45, 7) is 0. The van der Waals surface area contributed by atoms with Crippen molar-refractivity contribution in [3.8, 4) is 0 Å². The topological polar surface area (TPSA) is 50.9 Å². The van der Waals surface area contributed by atoms with Gasteiger partial charge in [0.1, 0.15) is 16.6 Å². The van der Waals surface area contributed by atoms with Gasteiger partial charge in [-0.05, 0) is 59.0 Å². The Hall–Kier alpha value is -1.53. The summed E-state index contributed by atoms with van der Waals surface area (Å²) in [4.78, 5) is 4.84. The first-order chi connectivity index (χ1) is 10.1. The SMILES string of the molecule is NC(=S)c1cc2c(nc1Nc1c(F)cccc1Br)CCC2. The average molecular weight is 366 g/mol. The van der Waals surface area contributed by atoms with Gasteiger partial charge in [0, 0.05) is 10.2 Å². The molecule has 1 heterocycles. The molecule has 1 aliphatic rings. The maximum Gasteiger partial charge on any atom is 0.147 e. The minimum absolute atomic E-state index is 0.257. The molecule has 1 aromatic heterocycles. The molecule has 1 aliphatic carbocycles. The highest BCUT2D eigenvalue weighted by Crippen LogP contribution is 2.31. The van der Waals surface area contributed by atoms with Crippen molar-refractivity contribution >= 4 is 44.6 Å². The molecule has 3 nitrogen and oxygen atoms in total. The van der Waals surface area contributed by atoms with Crippen LogP contribution in [0.1, 0.15) is 23.2 Å². The van der Waals surface area contributed by atoms with Crippen LogP contribution in [0.25, 0.3) is 0 Å². The standard InChI is InChI=1S/C15H13BrFN3S/c16-10-4-2-5-11(17)13(10)20-15-9(14(18)21)7-8-3-1-6-12(8)19-15/h2,4-5,7H,1,3,6H2,(H2,18,21)(H,19,20). The summed E-state index contributed by atoms with van der Waals surface area (Å²) < 4.78 is 14.6. The van der Waals surface area contributed by atoms with Crippen molar-refractivity contribution in [1.82, 2.24) is 4.98 Å². The summed E-state index contributed by atoms with van der Waals surface area (Å²) in [6, 6.07) is 6.75. The Morgan fingerprint density at radius 2 is 2.19 bits per heavy atom. The molecule has 0 unspecified atom stereocenters. The van der Waals surface area contributed by atoms with Crippen LogP contribution in [0.15, 0.2) is 28.7 Å². The van der Waals surface area contributed by atoms with E-state index in [9.17, 15) is 4.39 Å². The molecule has 0 atom stereocenters. The second-order valence-electron chi connectivity index (χ2n) is 4.93. The Bertz CT molecular complexity index is 713. The van der Waals surface area contributed by atoms with Crippen LogP contribution in [0.3, 0.4) is 0 Å². The van der Waals surface area contributed by atoms with E-state index in [1.807, 2.05) is 6.07 Å². The van der Waals surface area contributed by atoms with Gasteiger partial charge >= 0.3 is 0 Å². The number of nitrogens with two attached hydrogens (primary N) is 1. The maximum absolute atomic E-state index is 14.0. The highest BCUT2D eigenvalue weighted by atomic mass is 79.9. The van der Waals surface area contributed by atoms with Crippen molar-refractivity contribution in [3.05, 3.63) is 51.4 Å². The van der Waals surface area contributed by atoms with Crippen molar-refractivity contribution in [1.29, 1.82) is 0 Å². The lowest BCUT2D eigenvalue weighted by Crippen LogP contribution is -2.14. The van der Waals surface area contributed by atoms with Crippen LogP contribution < -0.4 is 11.1 Å². The molecule has 0 spiro atoms. The van der Waals surface area contributed by atoms with E-state index < -0.39 is 0 Å². The molecule has 6 heteroatoms. The Labute approximate surface area is 135 Å². The second-order valence-corrected chi connectivity index (χ2v) is 6.22. The van der Waals surface area contributed by atoms with E-state index in [4.69, 9.17) is 18.0 Å². The maximum atomic E-state index is 14.0. The highest BCUT2D eigenvalue weighted by molar-refractivity contribution is 9.10. The predicted octanol–water partition coefficient (Wildman–Crippen LogP) is 3.85. The molecule has 0 fully saturated rings. The number of pyridine rings is 1. The van der Waals surface area contributed by atoms with Gasteiger partial charge in [-0.25, -0.2) is 9.37 Å². The summed E-state index contributed by atoms with van der Waals surface area (Å²) in [5.41, 5.74) is 8.98. The van der Waals surface area contributed by atoms with Gasteiger partial charge in [0.15, 0.2) is 0 Å². The van der Waals surface area contributed by atoms with E-state index in [0.717, 1.165) is 25.0 Å². The summed E-state index contributed by atoms with van der Waals surface area (Å²) in [5, 5.41) is 3.02. The van der Waals surface area contributed by atoms with E-state index >= 15 is 0 Å². The molecule has 108 valence electrons. The second kappa shape index (κ2) is 5.69. The summed E-state index contributed by atoms with van der Waals surface area (Å²) in [6.07, 6.45) is 2.99. The zero-order valence-corrected chi connectivity index (χ0v) is 13.5. The molecular formula is C15H13BrFN3S. The number of hydrogen-bond donors (Lipinski definition) is 2. The van der Waals surface area contributed by atoms with E-state index in [1.165, 1.54) is 11.6 Å². The van der Waals surface area contributed by atoms with Crippen LogP contribution in [0, 0.1) is 5.82 Å². The fraction of sp³-hybridized carbons (Fsp3) is 0.200. The van der Waals surface area contributed by atoms with Crippen molar-refractivity contribution in [2.75, 3.05) is 5.32 Å². The van der Waals surface area contributed by atoms with E-state index in [2.05, 4.69) is 26.2 Å². The molecule has 1 aromatic carbocycles. The number of thiocarbonyl (C=S) groups is 1. The Morgan fingerprint density at radius 1 is 1.38 bits per heavy atom. The van der Waals surface area contributed by atoms with Crippen LogP contribution in [0.5, 0.6) is 0 Å². The van der Waals surface area contributed by atoms with Crippen molar-refractivity contribution < 1.29 is 4.39 Å². The summed E-state index contributed by atoms with van der Waals surface area (Å²) >= 11 is 8.43. The third-order valence-electron chi connectivity index (χ3n) is 3.52. The molecule has 3 N–H and O–H groups in total. The summed E-state index contributed by atoms with van der Waals surface area (Å²) in [5.74, 6) is 0.148. The van der Waals surface area contributed by atoms with Gasteiger partial charge in [0.05, 0.1) is 11.3 Å². The van der Waals surface area contributed by atoms with E-state index in [-0.39, 0.29) is 10.8 Å². The number of fused-ring (bicyclic) bond motifs is 1. The first-order valence-corrected chi connectivity index (χ1v) is 7.80. The van der Waals surface area contributed by atoms with Gasteiger partial charge in [0.25, 0.3) is 0 Å². The predicted molar refractivity (Wildman–Crippen MR) is 89.5 cm³/mol. The number of nitrogens with one attached hydrogen (secondary N) is 1. The Kier molecular flexibility index (Phi) is 3.91. The number of nitrogens with zero attached hydrogens (tertiary/aromatic N) is 1. The minimum Gasteiger partial charge on any atom is -0.389 e. The fourth-order valence-corrected chi connectivity index (χ4v) is 3.09. The van der Waals surface area contributed by atoms with Crippen LogP contribution in [-0.2, 0) is 12.8 Å². The van der Waals surface area contributed by atoms with Gasteiger partial charge in [-0.2, -0.15) is 0 Å². The number of benzene rings is 1. The van der Waals surface area contributed by atoms with Crippen LogP contribution in [-0.4, -0.2) is 9.97 Å². The van der Waals surface area contributed by atoms with Crippen molar-refractivity contribution in [3.63, 3.8) is 0 Å². The molecule has 0 aliphatic heterocycles. The first-order valence-electron chi connectivity index (χ1n) is 6.60. The molecule has 2 aromatic rings. The largest absolute Gasteiger partial charge is 0.389 e. The van der Waals surface area contributed by atoms with Crippen LogP contribution in [0.4, 0.5) is 15.9 Å². The number of hydrogen-bond acceptors (Lipinski definition) is 3. The number of para-hydroxylation sites is 1. The van der Waals surface area contributed by atoms with Gasteiger partial charge in [0.2, 0.25) is 0 Å². The third kappa shape index (κ3) is 2.78. The lowest BCUT2D eigenvalue weighted by Gasteiger charge is -2.14. The Morgan fingerprint density at radius 3 is 2.90 bits per heavy atom. The van der Waals surface area contributed by atoms with Gasteiger partial charge in [-0.3, -0.25) is 0 Å². The Balaban J connectivity index is 2.08. The number of rotatable bonds is 3. The highest BCUT2D eigenvalue weighted by Gasteiger charge is 2.19. The molecule has 0 bridgehead atoms. The monoisotopic (exact) mass is 365 g/mol. The zero-order chi connectivity index (χ0) is 15.0. The lowest BCUT2D eigenvalue weighted by molar-refractivity contribution is 0.631. The van der Waals surface area contributed by atoms with Gasteiger partial charge in [-0.1, -0.05) is 18.3 Å². The summed E-state index contributed by atoms with van der Waals surface area (Å²) in [7, 11) is 0. The van der Waals surface area contributed by atoms with Crippen LogP contribution >= 0.6 is 28.1 Å². The quantitative estimate of drug-likeness (QED) is 0.811. The number of anilines is 2. The molecule has 0 saturated heterocycles. The molecule has 21 heavy (non-hydrogen) atoms. The third-order valence-corrected chi connectivity index (χ3v) is 4.40. The first kappa shape index (κ1) is 14.4. The van der Waals surface area contributed by atoms with Crippen LogP contribution in [0.2, 0.25) is 0 Å². The minimum atomic E-state index is -0.361. The number of aryl methyl sites for hydroxylation is 2. The molecule has 3 rings (SSSR count). The lowest BCUT2D eigenvalue weighted by atomic mass is 10.1. The number of halogens is 2. The van der Waals surface area contributed by atoms with Gasteiger partial charge in [-0.15, -0.1) is 0 Å². The number of aromatic nitrogens is 1. The molecule has 0 radical (unpaired) electrons. The smallest absolute Gasteiger partial charge is 0.147 e. The molecular weight excluding hydrogens is 353 g/mol. The zero-order valence-electron chi connectivity index (χ0n) is 11.1. The normalized spacial score (nSPS) is 13.0. The van der Waals surface area contributed by atoms with Crippen molar-refractivity contribution in [2.45, 2.75) is 19.3 Å². The van der Waals surface area contributed by atoms with E-state index in [1.54, 1.807) is 12.1 Å². The molecule has 0 saturated carbocycles. The van der Waals surface area contributed by atoms with Crippen molar-refractivity contribution in [2.24, 2.45) is 5.73 Å². The average Bonchev–Trinajstić information content (AvgIpc) is 2.89. The molecule has 0 amide bonds.